The van der Waals surface area contributed by atoms with E-state index in [0.717, 1.165) is 62.7 Å². The highest BCUT2D eigenvalue weighted by Gasteiger charge is 2.28. The summed E-state index contributed by atoms with van der Waals surface area (Å²) in [6.07, 6.45) is 9.09. The summed E-state index contributed by atoms with van der Waals surface area (Å²) in [5.41, 5.74) is 1.94. The first kappa shape index (κ1) is 24.3. The number of urea groups is 1. The average Bonchev–Trinajstić information content (AvgIpc) is 3.50. The van der Waals surface area contributed by atoms with Gasteiger partial charge in [-0.25, -0.2) is 9.78 Å². The minimum absolute atomic E-state index is 0. The average molecular weight is 551 g/mol. The number of carbonyl (C=O) groups excluding carboxylic acids is 1. The lowest BCUT2D eigenvalue weighted by atomic mass is 9.93. The number of imidazole rings is 1. The van der Waals surface area contributed by atoms with E-state index in [1.54, 1.807) is 0 Å². The van der Waals surface area contributed by atoms with E-state index in [4.69, 9.17) is 0 Å². The topological polar surface area (TPSA) is 77.8 Å². The van der Waals surface area contributed by atoms with Crippen LogP contribution in [0.3, 0.4) is 0 Å². The third-order valence-electron chi connectivity index (χ3n) is 6.36. The van der Waals surface area contributed by atoms with Crippen molar-refractivity contribution in [3.8, 4) is 0 Å². The molecule has 2 saturated heterocycles. The summed E-state index contributed by atoms with van der Waals surface area (Å²) < 4.78 is 2.20. The van der Waals surface area contributed by atoms with E-state index < -0.39 is 0 Å². The Morgan fingerprint density at radius 1 is 1.22 bits per heavy atom. The number of benzene rings is 1. The van der Waals surface area contributed by atoms with Gasteiger partial charge in [-0.3, -0.25) is 4.99 Å². The number of halogens is 1. The van der Waals surface area contributed by atoms with Crippen LogP contribution in [0.25, 0.3) is 0 Å². The van der Waals surface area contributed by atoms with E-state index in [9.17, 15) is 4.79 Å². The first-order valence-corrected chi connectivity index (χ1v) is 11.2. The molecule has 1 aromatic heterocycles. The van der Waals surface area contributed by atoms with Gasteiger partial charge in [0.2, 0.25) is 0 Å². The number of nitrogens with zero attached hydrogens (tertiary/aromatic N) is 5. The van der Waals surface area contributed by atoms with Crippen molar-refractivity contribution in [1.29, 1.82) is 0 Å². The van der Waals surface area contributed by atoms with Gasteiger partial charge in [0.1, 0.15) is 0 Å². The summed E-state index contributed by atoms with van der Waals surface area (Å²) in [5, 5.41) is 6.53. The Balaban J connectivity index is 0.00000289. The summed E-state index contributed by atoms with van der Waals surface area (Å²) in [4.78, 5) is 25.3. The van der Waals surface area contributed by atoms with E-state index in [-0.39, 0.29) is 30.0 Å². The number of piperidine rings is 1. The number of nitrogens with one attached hydrogen (secondary N) is 2. The standard InChI is InChI=1S/C23H33N7O.HI/c1-18-8-12-29(16-21(18)30-13-9-25-17-30)22(24-2)26-15-19-6-5-7-20(14-19)27-23(31)28-10-3-4-11-28;/h5-7,9,13-14,17-18,21H,3-4,8,10-12,15-16H2,1-2H3,(H,24,26)(H,27,31);1H. The second-order valence-electron chi connectivity index (χ2n) is 8.51. The van der Waals surface area contributed by atoms with Crippen LogP contribution < -0.4 is 10.6 Å². The zero-order valence-electron chi connectivity index (χ0n) is 18.9. The second kappa shape index (κ2) is 11.5. The Kier molecular flexibility index (Phi) is 8.77. The number of hydrogen-bond donors (Lipinski definition) is 2. The Morgan fingerprint density at radius 3 is 2.75 bits per heavy atom. The highest BCUT2D eigenvalue weighted by molar-refractivity contribution is 14.0. The predicted molar refractivity (Wildman–Crippen MR) is 138 cm³/mol. The van der Waals surface area contributed by atoms with Gasteiger partial charge in [-0.1, -0.05) is 19.1 Å². The number of rotatable bonds is 4. The molecule has 2 unspecified atom stereocenters. The molecule has 0 radical (unpaired) electrons. The van der Waals surface area contributed by atoms with E-state index in [0.29, 0.717) is 18.5 Å². The molecular formula is C23H34IN7O. The fraction of sp³-hybridized carbons (Fsp3) is 0.522. The van der Waals surface area contributed by atoms with Gasteiger partial charge in [-0.05, 0) is 42.9 Å². The third kappa shape index (κ3) is 5.93. The Morgan fingerprint density at radius 2 is 2.03 bits per heavy atom. The van der Waals surface area contributed by atoms with E-state index >= 15 is 0 Å². The first-order valence-electron chi connectivity index (χ1n) is 11.2. The molecule has 3 heterocycles. The van der Waals surface area contributed by atoms with Crippen LogP contribution in [-0.4, -0.2) is 64.6 Å². The lowest BCUT2D eigenvalue weighted by molar-refractivity contribution is 0.189. The maximum absolute atomic E-state index is 12.4. The molecule has 2 atom stereocenters. The number of amides is 2. The van der Waals surface area contributed by atoms with E-state index in [1.807, 2.05) is 48.9 Å². The molecule has 8 nitrogen and oxygen atoms in total. The van der Waals surface area contributed by atoms with Crippen LogP contribution in [0.15, 0.2) is 48.0 Å². The molecule has 2 amide bonds. The van der Waals surface area contributed by atoms with E-state index in [2.05, 4.69) is 43.1 Å². The van der Waals surface area contributed by atoms with Crippen molar-refractivity contribution in [3.05, 3.63) is 48.5 Å². The SMILES string of the molecule is CN=C(NCc1cccc(NC(=O)N2CCCC2)c1)N1CCC(C)C(n2ccnc2)C1.I. The third-order valence-corrected chi connectivity index (χ3v) is 6.36. The number of likely N-dealkylation sites (tertiary alicyclic amines) is 2. The monoisotopic (exact) mass is 551 g/mol. The van der Waals surface area contributed by atoms with Crippen LogP contribution in [0, 0.1) is 5.92 Å². The zero-order valence-corrected chi connectivity index (χ0v) is 21.2. The number of aliphatic imine (C=N–C) groups is 1. The molecule has 174 valence electrons. The quantitative estimate of drug-likeness (QED) is 0.345. The molecule has 4 rings (SSSR count). The molecule has 2 aromatic rings. The van der Waals surface area contributed by atoms with Crippen molar-refractivity contribution < 1.29 is 4.79 Å². The summed E-state index contributed by atoms with van der Waals surface area (Å²) in [7, 11) is 1.83. The zero-order chi connectivity index (χ0) is 21.6. The van der Waals surface area contributed by atoms with Crippen molar-refractivity contribution in [2.75, 3.05) is 38.5 Å². The second-order valence-corrected chi connectivity index (χ2v) is 8.51. The molecule has 0 bridgehead atoms. The minimum atomic E-state index is -0.00796. The van der Waals surface area contributed by atoms with Crippen LogP contribution in [0.1, 0.15) is 37.8 Å². The lowest BCUT2D eigenvalue weighted by Gasteiger charge is -2.39. The number of guanidine groups is 1. The molecule has 2 aliphatic rings. The van der Waals surface area contributed by atoms with Crippen LogP contribution in [-0.2, 0) is 6.54 Å². The predicted octanol–water partition coefficient (Wildman–Crippen LogP) is 3.79. The molecule has 0 aliphatic carbocycles. The molecule has 2 fully saturated rings. The highest BCUT2D eigenvalue weighted by atomic mass is 127. The molecule has 32 heavy (non-hydrogen) atoms. The Hall–Kier alpha value is -2.30. The Bertz CT molecular complexity index is 896. The molecule has 1 aromatic carbocycles. The largest absolute Gasteiger partial charge is 0.352 e. The van der Waals surface area contributed by atoms with Crippen molar-refractivity contribution in [2.24, 2.45) is 10.9 Å². The fourth-order valence-corrected chi connectivity index (χ4v) is 4.49. The van der Waals surface area contributed by atoms with Gasteiger partial charge in [-0.15, -0.1) is 24.0 Å². The maximum atomic E-state index is 12.4. The summed E-state index contributed by atoms with van der Waals surface area (Å²) >= 11 is 0. The van der Waals surface area contributed by atoms with Crippen molar-refractivity contribution in [1.82, 2.24) is 24.7 Å². The summed E-state index contributed by atoms with van der Waals surface area (Å²) in [6.45, 7) is 6.54. The number of aromatic nitrogens is 2. The molecule has 0 saturated carbocycles. The molecular weight excluding hydrogens is 517 g/mol. The number of hydrogen-bond acceptors (Lipinski definition) is 3. The van der Waals surface area contributed by atoms with Gasteiger partial charge >= 0.3 is 6.03 Å². The van der Waals surface area contributed by atoms with Crippen LogP contribution in [0.5, 0.6) is 0 Å². The summed E-state index contributed by atoms with van der Waals surface area (Å²) in [5.74, 6) is 1.50. The van der Waals surface area contributed by atoms with Gasteiger partial charge in [0.25, 0.3) is 0 Å². The smallest absolute Gasteiger partial charge is 0.321 e. The lowest BCUT2D eigenvalue weighted by Crippen LogP contribution is -2.48. The van der Waals surface area contributed by atoms with E-state index in [1.165, 1.54) is 0 Å². The molecule has 0 spiro atoms. The molecule has 2 aliphatic heterocycles. The van der Waals surface area contributed by atoms with Crippen molar-refractivity contribution in [2.45, 2.75) is 38.8 Å². The Labute approximate surface area is 207 Å². The van der Waals surface area contributed by atoms with Gasteiger partial charge in [-0.2, -0.15) is 0 Å². The summed E-state index contributed by atoms with van der Waals surface area (Å²) in [6, 6.07) is 8.40. The van der Waals surface area contributed by atoms with Gasteiger partial charge in [0.15, 0.2) is 5.96 Å². The van der Waals surface area contributed by atoms with Crippen LogP contribution in [0.4, 0.5) is 10.5 Å². The molecule has 9 heteroatoms. The highest BCUT2D eigenvalue weighted by Crippen LogP contribution is 2.27. The first-order chi connectivity index (χ1) is 15.1. The van der Waals surface area contributed by atoms with Crippen molar-refractivity contribution in [3.63, 3.8) is 0 Å². The van der Waals surface area contributed by atoms with Crippen molar-refractivity contribution >= 4 is 41.7 Å². The van der Waals surface area contributed by atoms with Crippen LogP contribution >= 0.6 is 24.0 Å². The molecule has 2 N–H and O–H groups in total. The number of carbonyl (C=O) groups is 1. The van der Waals surface area contributed by atoms with Crippen LogP contribution in [0.2, 0.25) is 0 Å². The maximum Gasteiger partial charge on any atom is 0.321 e. The normalized spacial score (nSPS) is 21.2. The van der Waals surface area contributed by atoms with Gasteiger partial charge < -0.3 is 25.0 Å². The minimum Gasteiger partial charge on any atom is -0.352 e. The van der Waals surface area contributed by atoms with Gasteiger partial charge in [0, 0.05) is 57.9 Å². The van der Waals surface area contributed by atoms with Gasteiger partial charge in [0.05, 0.1) is 12.4 Å². The number of anilines is 1. The fourth-order valence-electron chi connectivity index (χ4n) is 4.49.